The summed E-state index contributed by atoms with van der Waals surface area (Å²) >= 11 is 0. The number of ether oxygens (including phenoxy) is 1. The van der Waals surface area contributed by atoms with Crippen molar-refractivity contribution in [3.8, 4) is 0 Å². The number of rotatable bonds is 5. The number of ketones is 1. The normalized spacial score (nSPS) is 11.0. The summed E-state index contributed by atoms with van der Waals surface area (Å²) in [5, 5.41) is 0. The molecule has 0 spiro atoms. The molecule has 1 amide bonds. The summed E-state index contributed by atoms with van der Waals surface area (Å²) < 4.78 is 31.9. The Morgan fingerprint density at radius 3 is 2.35 bits per heavy atom. The summed E-state index contributed by atoms with van der Waals surface area (Å²) in [6.07, 6.45) is -1.54. The fraction of sp³-hybridized carbons (Fsp3) is 0.333. The van der Waals surface area contributed by atoms with Gasteiger partial charge in [0.15, 0.2) is 5.78 Å². The molecule has 1 rings (SSSR count). The van der Waals surface area contributed by atoms with E-state index in [-0.39, 0.29) is 17.0 Å². The lowest BCUT2D eigenvalue weighted by Gasteiger charge is -2.13. The van der Waals surface area contributed by atoms with Crippen molar-refractivity contribution in [2.75, 3.05) is 4.72 Å². The molecule has 0 aliphatic heterocycles. The van der Waals surface area contributed by atoms with E-state index in [1.54, 1.807) is 30.7 Å². The van der Waals surface area contributed by atoms with E-state index in [4.69, 9.17) is 0 Å². The van der Waals surface area contributed by atoms with Gasteiger partial charge in [0.05, 0.1) is 11.8 Å². The van der Waals surface area contributed by atoms with E-state index in [2.05, 4.69) is 9.46 Å². The van der Waals surface area contributed by atoms with Gasteiger partial charge in [-0.25, -0.2) is 9.52 Å². The van der Waals surface area contributed by atoms with Crippen molar-refractivity contribution in [1.29, 1.82) is 0 Å². The topological polar surface area (TPSA) is 102 Å². The molecule has 0 saturated heterocycles. The van der Waals surface area contributed by atoms with E-state index >= 15 is 0 Å². The summed E-state index contributed by atoms with van der Waals surface area (Å²) in [5.41, 5.74) is 0.292. The van der Waals surface area contributed by atoms with Crippen molar-refractivity contribution in [3.05, 3.63) is 29.8 Å². The van der Waals surface area contributed by atoms with Crippen molar-refractivity contribution in [2.24, 2.45) is 0 Å². The van der Waals surface area contributed by atoms with Crippen LogP contribution in [0.1, 0.15) is 31.1 Å². The van der Waals surface area contributed by atoms with Gasteiger partial charge in [-0.3, -0.25) is 9.52 Å². The van der Waals surface area contributed by atoms with Gasteiger partial charge in [0.1, 0.15) is 0 Å². The second kappa shape index (κ2) is 6.38. The molecule has 2 N–H and O–H groups in total. The third-order valence-electron chi connectivity index (χ3n) is 2.11. The number of hydrogen-bond acceptors (Lipinski definition) is 5. The molecular formula is C12H16N2O5S. The molecule has 8 heteroatoms. The largest absolute Gasteiger partial charge is 0.446 e. The van der Waals surface area contributed by atoms with Gasteiger partial charge in [0.25, 0.3) is 0 Å². The molecule has 0 heterocycles. The van der Waals surface area contributed by atoms with Crippen LogP contribution in [0.4, 0.5) is 10.5 Å². The second-order valence-electron chi connectivity index (χ2n) is 4.26. The predicted octanol–water partition coefficient (Wildman–Crippen LogP) is 1.68. The number of para-hydroxylation sites is 1. The molecule has 7 nitrogen and oxygen atoms in total. The number of anilines is 1. The zero-order chi connectivity index (χ0) is 15.3. The van der Waals surface area contributed by atoms with Crippen LogP contribution in [0.5, 0.6) is 0 Å². The van der Waals surface area contributed by atoms with Crippen LogP contribution in [0.25, 0.3) is 0 Å². The highest BCUT2D eigenvalue weighted by atomic mass is 32.2. The van der Waals surface area contributed by atoms with Crippen LogP contribution in [0.2, 0.25) is 0 Å². The van der Waals surface area contributed by atoms with Gasteiger partial charge in [-0.05, 0) is 32.9 Å². The summed E-state index contributed by atoms with van der Waals surface area (Å²) in [6.45, 7) is 4.49. The van der Waals surface area contributed by atoms with Gasteiger partial charge < -0.3 is 4.74 Å². The average Bonchev–Trinajstić information content (AvgIpc) is 2.26. The van der Waals surface area contributed by atoms with E-state index in [0.717, 1.165) is 0 Å². The Morgan fingerprint density at radius 2 is 1.80 bits per heavy atom. The minimum Gasteiger partial charge on any atom is -0.446 e. The standard InChI is InChI=1S/C12H16N2O5S/c1-8(2)19-12(16)14-20(17,18)13-11-7-5-4-6-10(11)9(3)15/h4-8,13H,1-3H3,(H,14,16). The highest BCUT2D eigenvalue weighted by Gasteiger charge is 2.18. The number of carbonyl (C=O) groups excluding carboxylic acids is 2. The molecule has 0 bridgehead atoms. The molecule has 0 aromatic heterocycles. The Hall–Kier alpha value is -2.09. The van der Waals surface area contributed by atoms with Crippen molar-refractivity contribution < 1.29 is 22.7 Å². The van der Waals surface area contributed by atoms with Crippen LogP contribution < -0.4 is 9.44 Å². The third kappa shape index (κ3) is 4.88. The monoisotopic (exact) mass is 300 g/mol. The maximum atomic E-state index is 11.7. The van der Waals surface area contributed by atoms with Crippen LogP contribution in [0, 0.1) is 0 Å². The average molecular weight is 300 g/mol. The first-order valence-electron chi connectivity index (χ1n) is 5.82. The zero-order valence-electron chi connectivity index (χ0n) is 11.3. The summed E-state index contributed by atoms with van der Waals surface area (Å²) in [5.74, 6) is -0.298. The molecule has 0 aliphatic carbocycles. The van der Waals surface area contributed by atoms with Crippen molar-refractivity contribution in [2.45, 2.75) is 26.9 Å². The fourth-order valence-electron chi connectivity index (χ4n) is 1.40. The quantitative estimate of drug-likeness (QED) is 0.806. The Balaban J connectivity index is 2.87. The Morgan fingerprint density at radius 1 is 1.20 bits per heavy atom. The maximum absolute atomic E-state index is 11.7. The molecule has 0 saturated carbocycles. The van der Waals surface area contributed by atoms with Gasteiger partial charge in [-0.1, -0.05) is 12.1 Å². The van der Waals surface area contributed by atoms with Gasteiger partial charge in [-0.15, -0.1) is 0 Å². The van der Waals surface area contributed by atoms with Crippen molar-refractivity contribution in [3.63, 3.8) is 0 Å². The number of nitrogens with one attached hydrogen (secondary N) is 2. The summed E-state index contributed by atoms with van der Waals surface area (Å²) in [6, 6.07) is 6.07. The minimum absolute atomic E-state index is 0.0878. The Bertz CT molecular complexity index is 610. The molecular weight excluding hydrogens is 284 g/mol. The molecule has 0 fully saturated rings. The number of amides is 1. The van der Waals surface area contributed by atoms with Gasteiger partial charge >= 0.3 is 16.3 Å². The maximum Gasteiger partial charge on any atom is 0.422 e. The van der Waals surface area contributed by atoms with E-state index in [0.29, 0.717) is 0 Å². The van der Waals surface area contributed by atoms with E-state index in [1.165, 1.54) is 19.1 Å². The molecule has 0 radical (unpaired) electrons. The molecule has 1 aromatic rings. The summed E-state index contributed by atoms with van der Waals surface area (Å²) in [4.78, 5) is 22.6. The van der Waals surface area contributed by atoms with Crippen molar-refractivity contribution in [1.82, 2.24) is 4.72 Å². The van der Waals surface area contributed by atoms with Crippen molar-refractivity contribution >= 4 is 27.8 Å². The zero-order valence-corrected chi connectivity index (χ0v) is 12.2. The number of Topliss-reactive ketones (excluding diaryl/α,β-unsaturated/α-hetero) is 1. The fourth-order valence-corrected chi connectivity index (χ4v) is 2.18. The minimum atomic E-state index is -4.16. The lowest BCUT2D eigenvalue weighted by molar-refractivity contribution is 0.101. The van der Waals surface area contributed by atoms with E-state index < -0.39 is 22.4 Å². The third-order valence-corrected chi connectivity index (χ3v) is 3.04. The molecule has 0 atom stereocenters. The Labute approximate surface area is 117 Å². The van der Waals surface area contributed by atoms with Crippen LogP contribution in [-0.2, 0) is 14.9 Å². The van der Waals surface area contributed by atoms with Crippen LogP contribution in [0.3, 0.4) is 0 Å². The molecule has 0 aliphatic rings. The van der Waals surface area contributed by atoms with Gasteiger partial charge in [0.2, 0.25) is 0 Å². The highest BCUT2D eigenvalue weighted by Crippen LogP contribution is 2.16. The smallest absolute Gasteiger partial charge is 0.422 e. The predicted molar refractivity (Wildman–Crippen MR) is 73.7 cm³/mol. The molecule has 110 valence electrons. The van der Waals surface area contributed by atoms with Crippen LogP contribution in [0.15, 0.2) is 24.3 Å². The lowest BCUT2D eigenvalue weighted by Crippen LogP contribution is -2.37. The Kier molecular flexibility index (Phi) is 5.09. The van der Waals surface area contributed by atoms with E-state index in [1.807, 2.05) is 0 Å². The highest BCUT2D eigenvalue weighted by molar-refractivity contribution is 7.91. The first-order chi connectivity index (χ1) is 9.21. The second-order valence-corrected chi connectivity index (χ2v) is 5.68. The first kappa shape index (κ1) is 16.0. The van der Waals surface area contributed by atoms with Crippen LogP contribution in [-0.4, -0.2) is 26.4 Å². The number of hydrogen-bond donors (Lipinski definition) is 2. The number of benzene rings is 1. The SMILES string of the molecule is CC(=O)c1ccccc1NS(=O)(=O)NC(=O)OC(C)C. The lowest BCUT2D eigenvalue weighted by atomic mass is 10.1. The summed E-state index contributed by atoms with van der Waals surface area (Å²) in [7, 11) is -4.16. The van der Waals surface area contributed by atoms with E-state index in [9.17, 15) is 18.0 Å². The van der Waals surface area contributed by atoms with Gasteiger partial charge in [-0.2, -0.15) is 8.42 Å². The molecule has 0 unspecified atom stereocenters. The molecule has 1 aromatic carbocycles. The molecule has 20 heavy (non-hydrogen) atoms. The number of carbonyl (C=O) groups is 2. The first-order valence-corrected chi connectivity index (χ1v) is 7.30. The van der Waals surface area contributed by atoms with Crippen LogP contribution >= 0.6 is 0 Å². The van der Waals surface area contributed by atoms with Gasteiger partial charge in [0, 0.05) is 5.56 Å².